The summed E-state index contributed by atoms with van der Waals surface area (Å²) in [7, 11) is 0. The highest BCUT2D eigenvalue weighted by atomic mass is 16.6. The quantitative estimate of drug-likeness (QED) is 0.328. The van der Waals surface area contributed by atoms with Crippen molar-refractivity contribution < 1.29 is 9.53 Å². The Balaban J connectivity index is 1.38. The minimum absolute atomic E-state index is 0.364. The number of ether oxygens (including phenoxy) is 1. The van der Waals surface area contributed by atoms with E-state index in [2.05, 4.69) is 70.1 Å². The molecule has 0 bridgehead atoms. The number of nitrogens with zero attached hydrogens (tertiary/aromatic N) is 2. The number of hydrogen-bond acceptors (Lipinski definition) is 4. The number of nitrogens with one attached hydrogen (secondary N) is 2. The predicted molar refractivity (Wildman–Crippen MR) is 145 cm³/mol. The van der Waals surface area contributed by atoms with Gasteiger partial charge in [-0.25, -0.2) is 4.79 Å². The van der Waals surface area contributed by atoms with Crippen LogP contribution in [0.4, 0.5) is 4.79 Å². The average molecular weight is 493 g/mol. The maximum absolute atomic E-state index is 12.6. The van der Waals surface area contributed by atoms with Crippen LogP contribution in [-0.4, -0.2) is 26.9 Å². The van der Waals surface area contributed by atoms with E-state index in [9.17, 15) is 4.79 Å². The largest absolute Gasteiger partial charge is 0.444 e. The van der Waals surface area contributed by atoms with Crippen molar-refractivity contribution in [1.82, 2.24) is 20.5 Å². The van der Waals surface area contributed by atoms with E-state index in [1.165, 1.54) is 5.56 Å². The molecule has 0 saturated heterocycles. The first kappa shape index (κ1) is 23.5. The van der Waals surface area contributed by atoms with Crippen LogP contribution in [0.25, 0.3) is 33.6 Å². The molecule has 2 aliphatic carbocycles. The average Bonchev–Trinajstić information content (AvgIpc) is 3.35. The molecule has 4 aromatic rings. The Labute approximate surface area is 217 Å². The van der Waals surface area contributed by atoms with Crippen molar-refractivity contribution in [2.45, 2.75) is 64.0 Å². The fourth-order valence-corrected chi connectivity index (χ4v) is 5.47. The molecule has 0 radical (unpaired) electrons. The molecule has 2 heterocycles. The number of aryl methyl sites for hydroxylation is 2. The summed E-state index contributed by atoms with van der Waals surface area (Å²) in [5, 5.41) is 10.6. The van der Waals surface area contributed by atoms with Crippen molar-refractivity contribution in [2.24, 2.45) is 0 Å². The molecule has 2 N–H and O–H groups in total. The van der Waals surface area contributed by atoms with Gasteiger partial charge in [0, 0.05) is 16.7 Å². The van der Waals surface area contributed by atoms with Gasteiger partial charge in [0.2, 0.25) is 0 Å². The van der Waals surface area contributed by atoms with Crippen LogP contribution in [0.15, 0.2) is 66.9 Å². The minimum atomic E-state index is -0.526. The van der Waals surface area contributed by atoms with E-state index < -0.39 is 5.60 Å². The Morgan fingerprint density at radius 1 is 0.973 bits per heavy atom. The zero-order chi connectivity index (χ0) is 25.6. The number of carbonyl (C=O) groups is 1. The monoisotopic (exact) mass is 492 g/mol. The van der Waals surface area contributed by atoms with Crippen LogP contribution in [0.3, 0.4) is 0 Å². The number of carbonyl (C=O) groups excluding carboxylic acids is 1. The third kappa shape index (κ3) is 4.41. The van der Waals surface area contributed by atoms with E-state index in [4.69, 9.17) is 9.72 Å². The second-order valence-electron chi connectivity index (χ2n) is 11.2. The highest BCUT2D eigenvalue weighted by molar-refractivity contribution is 5.85. The first-order valence-corrected chi connectivity index (χ1v) is 13.1. The lowest BCUT2D eigenvalue weighted by molar-refractivity contribution is 0.0377. The minimum Gasteiger partial charge on any atom is -0.444 e. The number of amides is 1. The van der Waals surface area contributed by atoms with Gasteiger partial charge in [0.25, 0.3) is 0 Å². The van der Waals surface area contributed by atoms with Gasteiger partial charge in [0.05, 0.1) is 28.8 Å². The Morgan fingerprint density at radius 2 is 1.73 bits per heavy atom. The number of rotatable bonds is 4. The fraction of sp³-hybridized carbons (Fsp3) is 0.323. The summed E-state index contributed by atoms with van der Waals surface area (Å²) in [5.74, 6) is 0. The van der Waals surface area contributed by atoms with Crippen molar-refractivity contribution in [2.75, 3.05) is 0 Å². The molecule has 37 heavy (non-hydrogen) atoms. The number of H-pyrrole nitrogens is 1. The number of pyridine rings is 1. The molecule has 6 nitrogen and oxygen atoms in total. The number of alkyl carbamates (subject to hydrolysis) is 1. The van der Waals surface area contributed by atoms with Gasteiger partial charge >= 0.3 is 6.09 Å². The lowest BCUT2D eigenvalue weighted by atomic mass is 9.71. The van der Waals surface area contributed by atoms with Crippen LogP contribution >= 0.6 is 0 Å². The van der Waals surface area contributed by atoms with Gasteiger partial charge in [-0.3, -0.25) is 10.1 Å². The van der Waals surface area contributed by atoms with Crippen LogP contribution in [0, 0.1) is 0 Å². The lowest BCUT2D eigenvalue weighted by Gasteiger charge is -2.43. The molecule has 2 aromatic heterocycles. The number of aromatic nitrogens is 3. The van der Waals surface area contributed by atoms with Crippen LogP contribution < -0.4 is 5.32 Å². The third-order valence-corrected chi connectivity index (χ3v) is 7.46. The van der Waals surface area contributed by atoms with Gasteiger partial charge < -0.3 is 10.1 Å². The number of aromatic amines is 1. The summed E-state index contributed by atoms with van der Waals surface area (Å²) in [6.45, 7) is 5.66. The molecule has 188 valence electrons. The summed E-state index contributed by atoms with van der Waals surface area (Å²) in [5.41, 5.74) is 9.02. The molecule has 2 aliphatic rings. The molecular weight excluding hydrogens is 460 g/mol. The maximum atomic E-state index is 12.6. The maximum Gasteiger partial charge on any atom is 0.408 e. The van der Waals surface area contributed by atoms with Crippen LogP contribution in [-0.2, 0) is 23.1 Å². The fourth-order valence-electron chi connectivity index (χ4n) is 5.47. The molecular formula is C31H32N4O2. The van der Waals surface area contributed by atoms with E-state index in [1.807, 2.05) is 33.0 Å². The summed E-state index contributed by atoms with van der Waals surface area (Å²) in [6, 6.07) is 21.2. The van der Waals surface area contributed by atoms with E-state index in [0.29, 0.717) is 0 Å². The molecule has 1 saturated carbocycles. The SMILES string of the molecule is CC(C)(C)OC(=O)NC1(c2ccc(-c3nc4c(cc3-c3ccccc3)-c3[nH]ncc3CC4)cc2)CCC1. The summed E-state index contributed by atoms with van der Waals surface area (Å²) in [6.07, 6.45) is 6.29. The second kappa shape index (κ2) is 8.87. The van der Waals surface area contributed by atoms with Gasteiger partial charge in [-0.1, -0.05) is 54.6 Å². The van der Waals surface area contributed by atoms with Crippen molar-refractivity contribution >= 4 is 6.09 Å². The highest BCUT2D eigenvalue weighted by Gasteiger charge is 2.41. The summed E-state index contributed by atoms with van der Waals surface area (Å²) in [4.78, 5) is 17.8. The Bertz CT molecular complexity index is 1450. The van der Waals surface area contributed by atoms with Crippen LogP contribution in [0.5, 0.6) is 0 Å². The zero-order valence-corrected chi connectivity index (χ0v) is 21.6. The molecule has 0 atom stereocenters. The lowest BCUT2D eigenvalue weighted by Crippen LogP contribution is -2.52. The van der Waals surface area contributed by atoms with Crippen molar-refractivity contribution in [1.29, 1.82) is 0 Å². The topological polar surface area (TPSA) is 79.9 Å². The second-order valence-corrected chi connectivity index (χ2v) is 11.2. The first-order chi connectivity index (χ1) is 17.8. The van der Waals surface area contributed by atoms with E-state index in [0.717, 1.165) is 77.0 Å². The summed E-state index contributed by atoms with van der Waals surface area (Å²) < 4.78 is 5.55. The molecule has 0 unspecified atom stereocenters. The van der Waals surface area contributed by atoms with Gasteiger partial charge in [0.1, 0.15) is 5.60 Å². The zero-order valence-electron chi connectivity index (χ0n) is 21.6. The molecule has 1 amide bonds. The van der Waals surface area contributed by atoms with Crippen LogP contribution in [0.1, 0.15) is 56.9 Å². The molecule has 1 fully saturated rings. The highest BCUT2D eigenvalue weighted by Crippen LogP contribution is 2.43. The standard InChI is InChI=1S/C31H32N4O2/c1-30(2,3)37-29(36)34-31(16-7-17-31)23-13-10-21(11-14-23)27-24(20-8-5-4-6-9-20)18-25-26(33-27)15-12-22-19-32-35-28(22)25/h4-6,8-11,13-14,18-19H,7,12,15-17H2,1-3H3,(H,32,35)(H,34,36). The Kier molecular flexibility index (Phi) is 5.63. The van der Waals surface area contributed by atoms with Crippen molar-refractivity contribution in [3.63, 3.8) is 0 Å². The number of fused-ring (bicyclic) bond motifs is 3. The van der Waals surface area contributed by atoms with Gasteiger partial charge in [-0.05, 0) is 75.6 Å². The Morgan fingerprint density at radius 3 is 2.41 bits per heavy atom. The Hall–Kier alpha value is -3.93. The van der Waals surface area contributed by atoms with Gasteiger partial charge in [-0.2, -0.15) is 5.10 Å². The molecule has 0 spiro atoms. The molecule has 6 heteroatoms. The van der Waals surface area contributed by atoms with E-state index in [-0.39, 0.29) is 11.6 Å². The predicted octanol–water partition coefficient (Wildman–Crippen LogP) is 6.81. The molecule has 2 aromatic carbocycles. The van der Waals surface area contributed by atoms with Gasteiger partial charge in [0.15, 0.2) is 0 Å². The van der Waals surface area contributed by atoms with Crippen molar-refractivity contribution in [3.05, 3.63) is 83.7 Å². The third-order valence-electron chi connectivity index (χ3n) is 7.46. The normalized spacial score (nSPS) is 15.8. The van der Waals surface area contributed by atoms with Crippen molar-refractivity contribution in [3.8, 4) is 33.6 Å². The van der Waals surface area contributed by atoms with Gasteiger partial charge in [-0.15, -0.1) is 0 Å². The summed E-state index contributed by atoms with van der Waals surface area (Å²) >= 11 is 0. The molecule has 6 rings (SSSR count). The van der Waals surface area contributed by atoms with E-state index in [1.54, 1.807) is 0 Å². The number of hydrogen-bond donors (Lipinski definition) is 2. The first-order valence-electron chi connectivity index (χ1n) is 13.1. The van der Waals surface area contributed by atoms with Crippen LogP contribution in [0.2, 0.25) is 0 Å². The molecule has 0 aliphatic heterocycles. The number of benzene rings is 2. The smallest absolute Gasteiger partial charge is 0.408 e. The van der Waals surface area contributed by atoms with E-state index >= 15 is 0 Å².